The van der Waals surface area contributed by atoms with Crippen LogP contribution in [-0.4, -0.2) is 27.1 Å². The molecule has 0 aromatic heterocycles. The van der Waals surface area contributed by atoms with Crippen molar-refractivity contribution in [3.8, 4) is 0 Å². The molecule has 0 atom stereocenters. The van der Waals surface area contributed by atoms with E-state index in [1.807, 2.05) is 0 Å². The van der Waals surface area contributed by atoms with E-state index in [0.717, 1.165) is 6.07 Å². The maximum atomic E-state index is 10.7. The molecule has 0 heterocycles. The SMILES string of the molecule is O=C(O)c1cc(C(=O)O)c(Cl)c([N+](=O)[O-])c1. The Morgan fingerprint density at radius 3 is 2.19 bits per heavy atom. The molecule has 0 bridgehead atoms. The largest absolute Gasteiger partial charge is 0.478 e. The van der Waals surface area contributed by atoms with Crippen LogP contribution in [0, 0.1) is 10.1 Å². The van der Waals surface area contributed by atoms with Gasteiger partial charge in [-0.3, -0.25) is 10.1 Å². The zero-order valence-electron chi connectivity index (χ0n) is 7.51. The number of halogens is 1. The van der Waals surface area contributed by atoms with E-state index in [-0.39, 0.29) is 0 Å². The zero-order valence-corrected chi connectivity index (χ0v) is 8.26. The van der Waals surface area contributed by atoms with Crippen molar-refractivity contribution in [2.75, 3.05) is 0 Å². The molecule has 0 unspecified atom stereocenters. The number of benzene rings is 1. The van der Waals surface area contributed by atoms with E-state index in [2.05, 4.69) is 0 Å². The van der Waals surface area contributed by atoms with Crippen LogP contribution < -0.4 is 0 Å². The van der Waals surface area contributed by atoms with E-state index in [9.17, 15) is 19.7 Å². The highest BCUT2D eigenvalue weighted by Crippen LogP contribution is 2.29. The van der Waals surface area contributed by atoms with Gasteiger partial charge in [0.1, 0.15) is 5.02 Å². The van der Waals surface area contributed by atoms with Crippen LogP contribution in [0.2, 0.25) is 5.02 Å². The number of rotatable bonds is 3. The Morgan fingerprint density at radius 1 is 1.25 bits per heavy atom. The molecule has 1 rings (SSSR count). The van der Waals surface area contributed by atoms with E-state index in [0.29, 0.717) is 6.07 Å². The topological polar surface area (TPSA) is 118 Å². The monoisotopic (exact) mass is 245 g/mol. The van der Waals surface area contributed by atoms with Gasteiger partial charge in [-0.25, -0.2) is 9.59 Å². The number of nitro groups is 1. The highest BCUT2D eigenvalue weighted by atomic mass is 35.5. The number of hydrogen-bond donors (Lipinski definition) is 2. The quantitative estimate of drug-likeness (QED) is 0.617. The van der Waals surface area contributed by atoms with Crippen LogP contribution >= 0.6 is 11.6 Å². The Kier molecular flexibility index (Phi) is 3.09. The van der Waals surface area contributed by atoms with Crippen molar-refractivity contribution in [2.45, 2.75) is 0 Å². The van der Waals surface area contributed by atoms with Gasteiger partial charge in [0, 0.05) is 6.07 Å². The van der Waals surface area contributed by atoms with E-state index in [1.54, 1.807) is 0 Å². The molecule has 0 amide bonds. The van der Waals surface area contributed by atoms with Crippen molar-refractivity contribution >= 4 is 29.2 Å². The first-order chi connectivity index (χ1) is 7.34. The minimum absolute atomic E-state index is 0.506. The predicted octanol–water partition coefficient (Wildman–Crippen LogP) is 1.64. The lowest BCUT2D eigenvalue weighted by Crippen LogP contribution is -2.05. The minimum atomic E-state index is -1.53. The lowest BCUT2D eigenvalue weighted by molar-refractivity contribution is -0.384. The van der Waals surface area contributed by atoms with Crippen molar-refractivity contribution in [3.05, 3.63) is 38.4 Å². The molecule has 1 aromatic rings. The Labute approximate surface area is 93.0 Å². The molecule has 0 spiro atoms. The van der Waals surface area contributed by atoms with Crippen molar-refractivity contribution in [3.63, 3.8) is 0 Å². The average Bonchev–Trinajstić information content (AvgIpc) is 2.16. The number of aromatic carboxylic acids is 2. The smallest absolute Gasteiger partial charge is 0.337 e. The van der Waals surface area contributed by atoms with E-state index in [1.165, 1.54) is 0 Å². The minimum Gasteiger partial charge on any atom is -0.478 e. The summed E-state index contributed by atoms with van der Waals surface area (Å²) in [4.78, 5) is 30.8. The fourth-order valence-electron chi connectivity index (χ4n) is 1.02. The van der Waals surface area contributed by atoms with E-state index >= 15 is 0 Å². The molecular formula is C8H4ClNO6. The van der Waals surface area contributed by atoms with Gasteiger partial charge in [0.2, 0.25) is 0 Å². The normalized spacial score (nSPS) is 9.81. The van der Waals surface area contributed by atoms with Crippen LogP contribution in [-0.2, 0) is 0 Å². The number of nitro benzene ring substituents is 1. The number of hydrogen-bond acceptors (Lipinski definition) is 4. The van der Waals surface area contributed by atoms with Crippen LogP contribution in [0.25, 0.3) is 0 Å². The standard InChI is InChI=1S/C8H4ClNO6/c9-6-4(8(13)14)1-3(7(11)12)2-5(6)10(15)16/h1-2H,(H,11,12)(H,13,14). The number of nitrogens with zero attached hydrogens (tertiary/aromatic N) is 1. The molecule has 0 saturated heterocycles. The first kappa shape index (κ1) is 11.9. The number of carboxylic acid groups (broad SMARTS) is 2. The van der Waals surface area contributed by atoms with Gasteiger partial charge < -0.3 is 10.2 Å². The molecule has 1 aromatic carbocycles. The predicted molar refractivity (Wildman–Crippen MR) is 52.0 cm³/mol. The molecule has 7 nitrogen and oxygen atoms in total. The third-order valence-electron chi connectivity index (χ3n) is 1.73. The molecule has 0 aliphatic heterocycles. The molecule has 8 heteroatoms. The Hall–Kier alpha value is -2.15. The van der Waals surface area contributed by atoms with Gasteiger partial charge in [-0.2, -0.15) is 0 Å². The highest BCUT2D eigenvalue weighted by molar-refractivity contribution is 6.35. The third kappa shape index (κ3) is 2.09. The summed E-state index contributed by atoms with van der Waals surface area (Å²) in [5.41, 5.74) is -1.87. The molecular weight excluding hydrogens is 242 g/mol. The Bertz CT molecular complexity index is 462. The van der Waals surface area contributed by atoms with E-state index in [4.69, 9.17) is 21.8 Å². The van der Waals surface area contributed by atoms with Crippen LogP contribution in [0.5, 0.6) is 0 Å². The second-order valence-electron chi connectivity index (χ2n) is 2.72. The molecule has 0 aliphatic rings. The summed E-state index contributed by atoms with van der Waals surface area (Å²) in [6.45, 7) is 0. The molecule has 0 fully saturated rings. The first-order valence-corrected chi connectivity index (χ1v) is 4.17. The molecule has 16 heavy (non-hydrogen) atoms. The Balaban J connectivity index is 3.57. The highest BCUT2D eigenvalue weighted by Gasteiger charge is 2.23. The first-order valence-electron chi connectivity index (χ1n) is 3.79. The van der Waals surface area contributed by atoms with Crippen molar-refractivity contribution in [1.29, 1.82) is 0 Å². The average molecular weight is 246 g/mol. The molecule has 0 aliphatic carbocycles. The molecule has 0 saturated carbocycles. The summed E-state index contributed by atoms with van der Waals surface area (Å²) >= 11 is 5.46. The van der Waals surface area contributed by atoms with Gasteiger partial charge in [-0.1, -0.05) is 11.6 Å². The fraction of sp³-hybridized carbons (Fsp3) is 0. The maximum Gasteiger partial charge on any atom is 0.337 e. The second kappa shape index (κ2) is 4.15. The van der Waals surface area contributed by atoms with Crippen LogP contribution in [0.1, 0.15) is 20.7 Å². The van der Waals surface area contributed by atoms with Crippen LogP contribution in [0.4, 0.5) is 5.69 Å². The molecule has 84 valence electrons. The van der Waals surface area contributed by atoms with E-state index < -0.39 is 38.7 Å². The summed E-state index contributed by atoms with van der Waals surface area (Å²) in [6.07, 6.45) is 0. The zero-order chi connectivity index (χ0) is 12.5. The number of carbonyl (C=O) groups is 2. The van der Waals surface area contributed by atoms with Gasteiger partial charge in [0.05, 0.1) is 16.1 Å². The summed E-state index contributed by atoms with van der Waals surface area (Å²) in [6, 6.07) is 1.47. The summed E-state index contributed by atoms with van der Waals surface area (Å²) in [7, 11) is 0. The number of carboxylic acids is 2. The van der Waals surface area contributed by atoms with Crippen LogP contribution in [0.15, 0.2) is 12.1 Å². The Morgan fingerprint density at radius 2 is 1.81 bits per heavy atom. The summed E-state index contributed by atoms with van der Waals surface area (Å²) in [5, 5.41) is 27.2. The maximum absolute atomic E-state index is 10.7. The van der Waals surface area contributed by atoms with Gasteiger partial charge in [-0.15, -0.1) is 0 Å². The third-order valence-corrected chi connectivity index (χ3v) is 2.12. The summed E-state index contributed by atoms with van der Waals surface area (Å²) < 4.78 is 0. The van der Waals surface area contributed by atoms with Crippen molar-refractivity contribution < 1.29 is 24.7 Å². The van der Waals surface area contributed by atoms with Gasteiger partial charge >= 0.3 is 11.9 Å². The van der Waals surface area contributed by atoms with Gasteiger partial charge in [0.15, 0.2) is 0 Å². The fourth-order valence-corrected chi connectivity index (χ4v) is 1.28. The lowest BCUT2D eigenvalue weighted by atomic mass is 10.1. The van der Waals surface area contributed by atoms with Crippen molar-refractivity contribution in [2.24, 2.45) is 0 Å². The molecule has 2 N–H and O–H groups in total. The van der Waals surface area contributed by atoms with Gasteiger partial charge in [-0.05, 0) is 6.07 Å². The molecule has 0 radical (unpaired) electrons. The second-order valence-corrected chi connectivity index (χ2v) is 3.10. The summed E-state index contributed by atoms with van der Waals surface area (Å²) in [5.74, 6) is -3.00. The van der Waals surface area contributed by atoms with Crippen LogP contribution in [0.3, 0.4) is 0 Å². The van der Waals surface area contributed by atoms with Crippen molar-refractivity contribution in [1.82, 2.24) is 0 Å². The lowest BCUT2D eigenvalue weighted by Gasteiger charge is -2.02. The van der Waals surface area contributed by atoms with Gasteiger partial charge in [0.25, 0.3) is 5.69 Å².